The molecule has 0 aromatic heterocycles. The van der Waals surface area contributed by atoms with E-state index in [4.69, 9.17) is 9.47 Å². The van der Waals surface area contributed by atoms with Crippen molar-refractivity contribution in [3.05, 3.63) is 83.9 Å². The summed E-state index contributed by atoms with van der Waals surface area (Å²) in [6.45, 7) is 1.85. The average Bonchev–Trinajstić information content (AvgIpc) is 3.59. The Hall–Kier alpha value is -3.80. The number of rotatable bonds is 8. The predicted molar refractivity (Wildman–Crippen MR) is 119 cm³/mol. The molecule has 4 rings (SSSR count). The van der Waals surface area contributed by atoms with Gasteiger partial charge in [0.05, 0.1) is 11.3 Å². The van der Waals surface area contributed by atoms with Crippen molar-refractivity contribution in [3.8, 4) is 17.2 Å². The Bertz CT molecular complexity index is 1060. The van der Waals surface area contributed by atoms with Crippen LogP contribution in [0.3, 0.4) is 0 Å². The minimum Gasteiger partial charge on any atom is -0.484 e. The van der Waals surface area contributed by atoms with E-state index in [1.807, 2.05) is 31.2 Å². The van der Waals surface area contributed by atoms with Crippen molar-refractivity contribution < 1.29 is 19.1 Å². The lowest BCUT2D eigenvalue weighted by atomic mass is 10.1. The maximum Gasteiger partial charge on any atom is 0.262 e. The number of carbonyl (C=O) groups is 2. The lowest BCUT2D eigenvalue weighted by molar-refractivity contribution is -0.118. The van der Waals surface area contributed by atoms with Crippen molar-refractivity contribution in [3.63, 3.8) is 0 Å². The van der Waals surface area contributed by atoms with Crippen molar-refractivity contribution in [2.24, 2.45) is 0 Å². The van der Waals surface area contributed by atoms with E-state index in [2.05, 4.69) is 10.6 Å². The molecule has 0 bridgehead atoms. The quantitative estimate of drug-likeness (QED) is 0.558. The molecule has 2 N–H and O–H groups in total. The number of benzene rings is 3. The maximum absolute atomic E-state index is 12.4. The van der Waals surface area contributed by atoms with E-state index in [0.29, 0.717) is 22.7 Å². The smallest absolute Gasteiger partial charge is 0.262 e. The summed E-state index contributed by atoms with van der Waals surface area (Å²) in [5, 5.41) is 5.69. The molecule has 1 aliphatic rings. The number of ether oxygens (including phenoxy) is 2. The van der Waals surface area contributed by atoms with Crippen LogP contribution in [0.25, 0.3) is 0 Å². The second-order valence-electron chi connectivity index (χ2n) is 7.52. The molecule has 2 amide bonds. The highest BCUT2D eigenvalue weighted by Crippen LogP contribution is 2.24. The molecule has 1 aliphatic carbocycles. The van der Waals surface area contributed by atoms with Crippen LogP contribution in [0.15, 0.2) is 72.8 Å². The van der Waals surface area contributed by atoms with Crippen LogP contribution in [0, 0.1) is 6.92 Å². The summed E-state index contributed by atoms with van der Waals surface area (Å²) >= 11 is 0. The van der Waals surface area contributed by atoms with Crippen molar-refractivity contribution in [1.82, 2.24) is 5.32 Å². The molecular formula is C25H24N2O4. The molecule has 0 saturated heterocycles. The molecule has 3 aromatic rings. The molecule has 1 saturated carbocycles. The zero-order chi connectivity index (χ0) is 21.6. The zero-order valence-corrected chi connectivity index (χ0v) is 17.3. The second kappa shape index (κ2) is 9.34. The molecule has 0 spiro atoms. The second-order valence-corrected chi connectivity index (χ2v) is 7.52. The van der Waals surface area contributed by atoms with Gasteiger partial charge in [-0.2, -0.15) is 0 Å². The summed E-state index contributed by atoms with van der Waals surface area (Å²) in [5.74, 6) is 1.46. The van der Waals surface area contributed by atoms with Gasteiger partial charge in [0, 0.05) is 6.04 Å². The fourth-order valence-electron chi connectivity index (χ4n) is 2.96. The first-order chi connectivity index (χ1) is 15.1. The highest BCUT2D eigenvalue weighted by atomic mass is 16.5. The summed E-state index contributed by atoms with van der Waals surface area (Å²) in [6.07, 6.45) is 2.01. The molecule has 3 aromatic carbocycles. The predicted octanol–water partition coefficient (Wildman–Crippen LogP) is 4.70. The first kappa shape index (κ1) is 20.5. The Morgan fingerprint density at radius 3 is 2.16 bits per heavy atom. The van der Waals surface area contributed by atoms with Gasteiger partial charge in [0.2, 0.25) is 0 Å². The van der Waals surface area contributed by atoms with E-state index >= 15 is 0 Å². The van der Waals surface area contributed by atoms with Crippen LogP contribution in [0.4, 0.5) is 5.69 Å². The Morgan fingerprint density at radius 2 is 1.48 bits per heavy atom. The molecule has 0 aliphatic heterocycles. The van der Waals surface area contributed by atoms with Gasteiger partial charge in [0.15, 0.2) is 6.61 Å². The number of nitrogens with one attached hydrogen (secondary N) is 2. The molecule has 158 valence electrons. The van der Waals surface area contributed by atoms with Gasteiger partial charge in [0.1, 0.15) is 17.2 Å². The van der Waals surface area contributed by atoms with Gasteiger partial charge in [-0.25, -0.2) is 0 Å². The van der Waals surface area contributed by atoms with E-state index in [9.17, 15) is 9.59 Å². The van der Waals surface area contributed by atoms with Crippen molar-refractivity contribution in [2.75, 3.05) is 11.9 Å². The number of hydrogen-bond acceptors (Lipinski definition) is 4. The van der Waals surface area contributed by atoms with Crippen LogP contribution in [0.2, 0.25) is 0 Å². The standard InChI is InChI=1S/C25H24N2O4/c1-17-6-10-20(11-7-17)31-21-14-12-19(13-15-21)30-16-24(28)27-23-5-3-2-4-22(23)25(29)26-18-8-9-18/h2-7,10-15,18H,8-9,16H2,1H3,(H,26,29)(H,27,28). The molecule has 0 atom stereocenters. The van der Waals surface area contributed by atoms with E-state index in [1.165, 1.54) is 5.56 Å². The Balaban J connectivity index is 1.30. The molecule has 31 heavy (non-hydrogen) atoms. The summed E-state index contributed by atoms with van der Waals surface area (Å²) in [5.41, 5.74) is 2.08. The van der Waals surface area contributed by atoms with Gasteiger partial charge in [-0.15, -0.1) is 0 Å². The highest BCUT2D eigenvalue weighted by Gasteiger charge is 2.25. The normalized spacial score (nSPS) is 12.7. The Morgan fingerprint density at radius 1 is 0.871 bits per heavy atom. The number of amides is 2. The third-order valence-electron chi connectivity index (χ3n) is 4.81. The monoisotopic (exact) mass is 416 g/mol. The minimum atomic E-state index is -0.341. The van der Waals surface area contributed by atoms with Gasteiger partial charge in [-0.05, 0) is 68.3 Å². The topological polar surface area (TPSA) is 76.7 Å². The number of anilines is 1. The number of para-hydroxylation sites is 1. The largest absolute Gasteiger partial charge is 0.484 e. The summed E-state index contributed by atoms with van der Waals surface area (Å²) < 4.78 is 11.4. The van der Waals surface area contributed by atoms with Crippen molar-refractivity contribution in [2.45, 2.75) is 25.8 Å². The minimum absolute atomic E-state index is 0.170. The van der Waals surface area contributed by atoms with E-state index < -0.39 is 0 Å². The lowest BCUT2D eigenvalue weighted by Gasteiger charge is -2.12. The van der Waals surface area contributed by atoms with E-state index in [1.54, 1.807) is 48.5 Å². The number of aryl methyl sites for hydroxylation is 1. The van der Waals surface area contributed by atoms with Crippen LogP contribution in [-0.4, -0.2) is 24.5 Å². The van der Waals surface area contributed by atoms with Gasteiger partial charge < -0.3 is 20.1 Å². The first-order valence-corrected chi connectivity index (χ1v) is 10.2. The molecule has 6 nitrogen and oxygen atoms in total. The molecule has 6 heteroatoms. The van der Waals surface area contributed by atoms with Gasteiger partial charge in [-0.3, -0.25) is 9.59 Å². The molecular weight excluding hydrogens is 392 g/mol. The molecule has 0 unspecified atom stereocenters. The summed E-state index contributed by atoms with van der Waals surface area (Å²) in [6, 6.07) is 22.0. The van der Waals surface area contributed by atoms with Crippen molar-refractivity contribution >= 4 is 17.5 Å². The maximum atomic E-state index is 12.4. The number of carbonyl (C=O) groups excluding carboxylic acids is 2. The lowest BCUT2D eigenvalue weighted by Crippen LogP contribution is -2.27. The highest BCUT2D eigenvalue weighted by molar-refractivity contribution is 6.04. The van der Waals surface area contributed by atoms with E-state index in [-0.39, 0.29) is 24.5 Å². The van der Waals surface area contributed by atoms with Crippen LogP contribution in [-0.2, 0) is 4.79 Å². The van der Waals surface area contributed by atoms with Crippen LogP contribution in [0.1, 0.15) is 28.8 Å². The van der Waals surface area contributed by atoms with Gasteiger partial charge in [-0.1, -0.05) is 29.8 Å². The third kappa shape index (κ3) is 5.85. The third-order valence-corrected chi connectivity index (χ3v) is 4.81. The molecule has 0 radical (unpaired) electrons. The van der Waals surface area contributed by atoms with Crippen molar-refractivity contribution in [1.29, 1.82) is 0 Å². The van der Waals surface area contributed by atoms with Crippen LogP contribution >= 0.6 is 0 Å². The van der Waals surface area contributed by atoms with Gasteiger partial charge >= 0.3 is 0 Å². The van der Waals surface area contributed by atoms with E-state index in [0.717, 1.165) is 18.6 Å². The average molecular weight is 416 g/mol. The SMILES string of the molecule is Cc1ccc(Oc2ccc(OCC(=O)Nc3ccccc3C(=O)NC3CC3)cc2)cc1. The summed E-state index contributed by atoms with van der Waals surface area (Å²) in [7, 11) is 0. The summed E-state index contributed by atoms with van der Waals surface area (Å²) in [4.78, 5) is 24.7. The fraction of sp³-hybridized carbons (Fsp3) is 0.200. The zero-order valence-electron chi connectivity index (χ0n) is 17.3. The Kier molecular flexibility index (Phi) is 6.17. The first-order valence-electron chi connectivity index (χ1n) is 10.2. The number of hydrogen-bond donors (Lipinski definition) is 2. The fourth-order valence-corrected chi connectivity index (χ4v) is 2.96. The van der Waals surface area contributed by atoms with Crippen LogP contribution in [0.5, 0.6) is 17.2 Å². The molecule has 0 heterocycles. The Labute approximate surface area is 181 Å². The molecule has 1 fully saturated rings. The van der Waals surface area contributed by atoms with Gasteiger partial charge in [0.25, 0.3) is 11.8 Å². The van der Waals surface area contributed by atoms with Crippen LogP contribution < -0.4 is 20.1 Å².